The second-order valence-corrected chi connectivity index (χ2v) is 5.19. The molecule has 0 heterocycles. The summed E-state index contributed by atoms with van der Waals surface area (Å²) in [6.45, 7) is 8.78. The molecule has 0 aromatic carbocycles. The van der Waals surface area contributed by atoms with Crippen molar-refractivity contribution in [3.63, 3.8) is 0 Å². The Balaban J connectivity index is 3.81. The quantitative estimate of drug-likeness (QED) is 0.320. The van der Waals surface area contributed by atoms with Crippen LogP contribution in [-0.4, -0.2) is 17.9 Å². The van der Waals surface area contributed by atoms with E-state index in [4.69, 9.17) is 4.74 Å². The second-order valence-electron chi connectivity index (χ2n) is 5.19. The zero-order chi connectivity index (χ0) is 14.7. The van der Waals surface area contributed by atoms with E-state index in [9.17, 15) is 9.59 Å². The van der Waals surface area contributed by atoms with Crippen LogP contribution in [0.25, 0.3) is 0 Å². The molecule has 3 heteroatoms. The zero-order valence-electron chi connectivity index (χ0n) is 12.7. The van der Waals surface area contributed by atoms with Crippen LogP contribution >= 0.6 is 0 Å². The van der Waals surface area contributed by atoms with Gasteiger partial charge in [0.05, 0.1) is 0 Å². The van der Waals surface area contributed by atoms with Crippen molar-refractivity contribution in [1.29, 1.82) is 0 Å². The second kappa shape index (κ2) is 10.8. The summed E-state index contributed by atoms with van der Waals surface area (Å²) in [5.74, 6) is -0.552. The minimum absolute atomic E-state index is 0.0828. The molecule has 0 saturated heterocycles. The molecule has 19 heavy (non-hydrogen) atoms. The number of rotatable bonds is 11. The summed E-state index contributed by atoms with van der Waals surface area (Å²) >= 11 is 0. The molecule has 0 rings (SSSR count). The number of carbonyl (C=O) groups is 2. The fourth-order valence-electron chi connectivity index (χ4n) is 1.86. The third-order valence-electron chi connectivity index (χ3n) is 3.12. The predicted molar refractivity (Wildman–Crippen MR) is 78.0 cm³/mol. The van der Waals surface area contributed by atoms with Crippen molar-refractivity contribution < 1.29 is 14.3 Å². The molecule has 0 spiro atoms. The molecule has 0 aliphatic rings. The summed E-state index contributed by atoms with van der Waals surface area (Å²) < 4.78 is 5.13. The largest absolute Gasteiger partial charge is 0.451 e. The number of Topliss-reactive ketones (excluding diaryl/α,β-unsaturated/α-hetero) is 1. The Bertz CT molecular complexity index is 294. The first kappa shape index (κ1) is 17.9. The molecule has 0 fully saturated rings. The lowest BCUT2D eigenvalue weighted by Crippen LogP contribution is -2.25. The molecule has 0 N–H and O–H groups in total. The van der Waals surface area contributed by atoms with Gasteiger partial charge in [-0.2, -0.15) is 0 Å². The van der Waals surface area contributed by atoms with Crippen LogP contribution in [0.4, 0.5) is 0 Å². The Morgan fingerprint density at radius 1 is 1.00 bits per heavy atom. The molecule has 1 unspecified atom stereocenters. The van der Waals surface area contributed by atoms with Gasteiger partial charge in [-0.1, -0.05) is 52.0 Å². The molecular weight excluding hydrogens is 240 g/mol. The van der Waals surface area contributed by atoms with E-state index in [0.29, 0.717) is 12.0 Å². The van der Waals surface area contributed by atoms with Crippen LogP contribution in [0.1, 0.15) is 72.1 Å². The SMILES string of the molecule is C=C(C)C(=O)OC(CCCCCCCCC)C(C)=O. The Kier molecular flexibility index (Phi) is 10.1. The van der Waals surface area contributed by atoms with Gasteiger partial charge < -0.3 is 4.74 Å². The molecule has 0 saturated carbocycles. The van der Waals surface area contributed by atoms with Crippen molar-refractivity contribution in [2.45, 2.75) is 78.2 Å². The summed E-state index contributed by atoms with van der Waals surface area (Å²) in [5, 5.41) is 0. The highest BCUT2D eigenvalue weighted by molar-refractivity contribution is 5.90. The van der Waals surface area contributed by atoms with Crippen molar-refractivity contribution in [1.82, 2.24) is 0 Å². The Hall–Kier alpha value is -1.12. The molecule has 0 amide bonds. The molecule has 0 bridgehead atoms. The van der Waals surface area contributed by atoms with Gasteiger partial charge in [-0.05, 0) is 26.7 Å². The lowest BCUT2D eigenvalue weighted by Gasteiger charge is -2.14. The number of hydrogen-bond acceptors (Lipinski definition) is 3. The average molecular weight is 268 g/mol. The fraction of sp³-hybridized carbons (Fsp3) is 0.750. The number of carbonyl (C=O) groups excluding carboxylic acids is 2. The van der Waals surface area contributed by atoms with Gasteiger partial charge in [0, 0.05) is 5.57 Å². The van der Waals surface area contributed by atoms with Crippen LogP contribution in [0.15, 0.2) is 12.2 Å². The van der Waals surface area contributed by atoms with Gasteiger partial charge in [-0.25, -0.2) is 4.79 Å². The first-order valence-electron chi connectivity index (χ1n) is 7.36. The first-order chi connectivity index (χ1) is 8.99. The van der Waals surface area contributed by atoms with Gasteiger partial charge >= 0.3 is 5.97 Å². The van der Waals surface area contributed by atoms with Crippen molar-refractivity contribution in [2.24, 2.45) is 0 Å². The lowest BCUT2D eigenvalue weighted by atomic mass is 10.0. The fourth-order valence-corrected chi connectivity index (χ4v) is 1.86. The van der Waals surface area contributed by atoms with E-state index >= 15 is 0 Å². The number of esters is 1. The van der Waals surface area contributed by atoms with Crippen molar-refractivity contribution >= 4 is 11.8 Å². The molecule has 3 nitrogen and oxygen atoms in total. The maximum Gasteiger partial charge on any atom is 0.333 e. The van der Waals surface area contributed by atoms with E-state index in [-0.39, 0.29) is 5.78 Å². The third kappa shape index (κ3) is 9.46. The van der Waals surface area contributed by atoms with Gasteiger partial charge in [0.1, 0.15) is 0 Å². The van der Waals surface area contributed by atoms with E-state index in [2.05, 4.69) is 13.5 Å². The Morgan fingerprint density at radius 2 is 1.53 bits per heavy atom. The van der Waals surface area contributed by atoms with Crippen molar-refractivity contribution in [3.05, 3.63) is 12.2 Å². The van der Waals surface area contributed by atoms with Crippen LogP contribution in [-0.2, 0) is 14.3 Å². The topological polar surface area (TPSA) is 43.4 Å². The Labute approximate surface area is 117 Å². The molecule has 0 aromatic rings. The highest BCUT2D eigenvalue weighted by Crippen LogP contribution is 2.12. The lowest BCUT2D eigenvalue weighted by molar-refractivity contribution is -0.151. The van der Waals surface area contributed by atoms with Crippen LogP contribution in [0.3, 0.4) is 0 Å². The predicted octanol–water partition coefficient (Wildman–Crippen LogP) is 4.20. The average Bonchev–Trinajstić information content (AvgIpc) is 2.35. The molecule has 0 aromatic heterocycles. The van der Waals surface area contributed by atoms with Gasteiger partial charge in [0.25, 0.3) is 0 Å². The Morgan fingerprint density at radius 3 is 2.00 bits per heavy atom. The molecule has 0 radical (unpaired) electrons. The molecular formula is C16H28O3. The van der Waals surface area contributed by atoms with Gasteiger partial charge in [0.2, 0.25) is 0 Å². The number of ether oxygens (including phenoxy) is 1. The van der Waals surface area contributed by atoms with Crippen molar-refractivity contribution in [2.75, 3.05) is 0 Å². The highest BCUT2D eigenvalue weighted by Gasteiger charge is 2.18. The third-order valence-corrected chi connectivity index (χ3v) is 3.12. The van der Waals surface area contributed by atoms with Crippen LogP contribution in [0.2, 0.25) is 0 Å². The maximum atomic E-state index is 11.4. The van der Waals surface area contributed by atoms with E-state index in [0.717, 1.165) is 12.8 Å². The van der Waals surface area contributed by atoms with Crippen LogP contribution < -0.4 is 0 Å². The summed E-state index contributed by atoms with van der Waals surface area (Å²) in [5.41, 5.74) is 0.339. The minimum Gasteiger partial charge on any atom is -0.451 e. The van der Waals surface area contributed by atoms with E-state index in [1.165, 1.54) is 39.0 Å². The van der Waals surface area contributed by atoms with Crippen LogP contribution in [0.5, 0.6) is 0 Å². The summed E-state index contributed by atoms with van der Waals surface area (Å²) in [6, 6.07) is 0. The maximum absolute atomic E-state index is 11.4. The highest BCUT2D eigenvalue weighted by atomic mass is 16.5. The zero-order valence-corrected chi connectivity index (χ0v) is 12.7. The standard InChI is InChI=1S/C16H28O3/c1-5-6-7-8-9-10-11-12-15(14(4)17)19-16(18)13(2)3/h15H,2,5-12H2,1,3-4H3. The minimum atomic E-state index is -0.597. The van der Waals surface area contributed by atoms with Crippen LogP contribution in [0, 0.1) is 0 Å². The summed E-state index contributed by atoms with van der Waals surface area (Å²) in [4.78, 5) is 22.8. The molecule has 110 valence electrons. The number of hydrogen-bond donors (Lipinski definition) is 0. The van der Waals surface area contributed by atoms with Gasteiger partial charge in [-0.3, -0.25) is 4.79 Å². The number of unbranched alkanes of at least 4 members (excludes halogenated alkanes) is 6. The molecule has 0 aliphatic heterocycles. The van der Waals surface area contributed by atoms with E-state index in [1.54, 1.807) is 6.92 Å². The molecule has 0 aliphatic carbocycles. The smallest absolute Gasteiger partial charge is 0.333 e. The summed E-state index contributed by atoms with van der Waals surface area (Å²) in [7, 11) is 0. The van der Waals surface area contributed by atoms with Gasteiger partial charge in [-0.15, -0.1) is 0 Å². The number of ketones is 1. The summed E-state index contributed by atoms with van der Waals surface area (Å²) in [6.07, 6.45) is 8.34. The van der Waals surface area contributed by atoms with E-state index in [1.807, 2.05) is 0 Å². The normalized spacial score (nSPS) is 11.9. The van der Waals surface area contributed by atoms with Gasteiger partial charge in [0.15, 0.2) is 11.9 Å². The molecule has 1 atom stereocenters. The van der Waals surface area contributed by atoms with Crippen molar-refractivity contribution in [3.8, 4) is 0 Å². The first-order valence-corrected chi connectivity index (χ1v) is 7.36. The monoisotopic (exact) mass is 268 g/mol. The van der Waals surface area contributed by atoms with E-state index < -0.39 is 12.1 Å².